The van der Waals surface area contributed by atoms with Crippen molar-refractivity contribution in [2.24, 2.45) is 0 Å². The van der Waals surface area contributed by atoms with E-state index in [9.17, 15) is 4.79 Å². The van der Waals surface area contributed by atoms with E-state index in [0.29, 0.717) is 12.3 Å². The molecule has 0 aromatic heterocycles. The molecule has 0 bridgehead atoms. The van der Waals surface area contributed by atoms with E-state index in [1.54, 1.807) is 23.3 Å². The van der Waals surface area contributed by atoms with Crippen molar-refractivity contribution in [2.75, 3.05) is 25.4 Å². The average Bonchev–Trinajstić information content (AvgIpc) is 2.57. The molecule has 0 heterocycles. The van der Waals surface area contributed by atoms with E-state index >= 15 is 0 Å². The van der Waals surface area contributed by atoms with Crippen LogP contribution in [0.3, 0.4) is 0 Å². The van der Waals surface area contributed by atoms with Gasteiger partial charge in [-0.1, -0.05) is 68.3 Å². The molecule has 0 aliphatic carbocycles. The molecular weight excluding hydrogens is 304 g/mol. The summed E-state index contributed by atoms with van der Waals surface area (Å²) in [5.74, 6) is 0.479. The SMILES string of the molecule is CC(CC(=O)N(C)C)c1ccccc1.CN(S)c1ccccc1. The molecule has 2 aromatic carbocycles. The number of amides is 1. The van der Waals surface area contributed by atoms with Gasteiger partial charge in [0.15, 0.2) is 0 Å². The molecular formula is C19H26N2OS. The second-order valence-corrected chi connectivity index (χ2v) is 6.26. The summed E-state index contributed by atoms with van der Waals surface area (Å²) in [4.78, 5) is 13.1. The zero-order chi connectivity index (χ0) is 17.2. The van der Waals surface area contributed by atoms with Crippen LogP contribution in [0.15, 0.2) is 60.7 Å². The Bertz CT molecular complexity index is 570. The predicted octanol–water partition coefficient (Wildman–Crippen LogP) is 4.24. The Kier molecular flexibility index (Phi) is 8.27. The Morgan fingerprint density at radius 2 is 1.43 bits per heavy atom. The maximum Gasteiger partial charge on any atom is 0.222 e. The lowest BCUT2D eigenvalue weighted by Crippen LogP contribution is -2.22. The van der Waals surface area contributed by atoms with Crippen molar-refractivity contribution in [3.05, 3.63) is 66.2 Å². The van der Waals surface area contributed by atoms with Crippen molar-refractivity contribution in [3.63, 3.8) is 0 Å². The van der Waals surface area contributed by atoms with Crippen LogP contribution in [0.5, 0.6) is 0 Å². The normalized spacial score (nSPS) is 11.0. The van der Waals surface area contributed by atoms with E-state index < -0.39 is 0 Å². The van der Waals surface area contributed by atoms with E-state index in [1.807, 2.05) is 55.6 Å². The molecule has 1 atom stereocenters. The number of hydrogen-bond donors (Lipinski definition) is 1. The molecule has 0 N–H and O–H groups in total. The molecule has 0 saturated heterocycles. The van der Waals surface area contributed by atoms with E-state index in [1.165, 1.54) is 5.56 Å². The quantitative estimate of drug-likeness (QED) is 0.848. The first-order chi connectivity index (χ1) is 10.9. The van der Waals surface area contributed by atoms with Crippen LogP contribution in [-0.2, 0) is 4.79 Å². The molecule has 0 aliphatic heterocycles. The fourth-order valence-electron chi connectivity index (χ4n) is 1.99. The number of rotatable bonds is 4. The van der Waals surface area contributed by atoms with Gasteiger partial charge in [-0.3, -0.25) is 4.79 Å². The lowest BCUT2D eigenvalue weighted by Gasteiger charge is -2.15. The van der Waals surface area contributed by atoms with Crippen molar-refractivity contribution in [3.8, 4) is 0 Å². The highest BCUT2D eigenvalue weighted by molar-refractivity contribution is 7.81. The molecule has 0 aliphatic rings. The van der Waals surface area contributed by atoms with E-state index in [2.05, 4.69) is 31.9 Å². The summed E-state index contributed by atoms with van der Waals surface area (Å²) in [5, 5.41) is 0. The second-order valence-electron chi connectivity index (χ2n) is 5.66. The van der Waals surface area contributed by atoms with Gasteiger partial charge in [-0.25, -0.2) is 0 Å². The zero-order valence-electron chi connectivity index (χ0n) is 14.3. The average molecular weight is 330 g/mol. The van der Waals surface area contributed by atoms with Crippen molar-refractivity contribution >= 4 is 24.4 Å². The van der Waals surface area contributed by atoms with Crippen LogP contribution < -0.4 is 4.31 Å². The fourth-order valence-corrected chi connectivity index (χ4v) is 2.12. The first kappa shape index (κ1) is 19.1. The minimum atomic E-state index is 0.182. The number of carbonyl (C=O) groups is 1. The summed E-state index contributed by atoms with van der Waals surface area (Å²) in [6, 6.07) is 20.1. The molecule has 2 rings (SSSR count). The van der Waals surface area contributed by atoms with Gasteiger partial charge in [0.2, 0.25) is 5.91 Å². The second kappa shape index (κ2) is 9.95. The highest BCUT2D eigenvalue weighted by atomic mass is 32.1. The standard InChI is InChI=1S/C12H17NO.C7H9NS/c1-10(9-12(14)13(2)3)11-7-5-4-6-8-11;1-8(9)7-5-3-2-4-6-7/h4-8,10H,9H2,1-3H3;2-6,9H,1H3. The van der Waals surface area contributed by atoms with Crippen LogP contribution >= 0.6 is 12.8 Å². The Morgan fingerprint density at radius 3 is 1.83 bits per heavy atom. The molecule has 0 radical (unpaired) electrons. The summed E-state index contributed by atoms with van der Waals surface area (Å²) >= 11 is 4.12. The van der Waals surface area contributed by atoms with Gasteiger partial charge in [-0.2, -0.15) is 0 Å². The lowest BCUT2D eigenvalue weighted by molar-refractivity contribution is -0.129. The molecule has 1 unspecified atom stereocenters. The topological polar surface area (TPSA) is 23.6 Å². The molecule has 0 saturated carbocycles. The van der Waals surface area contributed by atoms with Crippen molar-refractivity contribution in [1.29, 1.82) is 0 Å². The van der Waals surface area contributed by atoms with Gasteiger partial charge in [-0.15, -0.1) is 0 Å². The van der Waals surface area contributed by atoms with Gasteiger partial charge in [0, 0.05) is 33.3 Å². The minimum Gasteiger partial charge on any atom is -0.349 e. The molecule has 2 aromatic rings. The smallest absolute Gasteiger partial charge is 0.222 e. The van der Waals surface area contributed by atoms with E-state index in [-0.39, 0.29) is 5.91 Å². The number of para-hydroxylation sites is 1. The molecule has 124 valence electrons. The van der Waals surface area contributed by atoms with Gasteiger partial charge in [0.05, 0.1) is 0 Å². The Morgan fingerprint density at radius 1 is 0.957 bits per heavy atom. The third-order valence-corrected chi connectivity index (χ3v) is 3.71. The maximum absolute atomic E-state index is 11.5. The molecule has 4 heteroatoms. The summed E-state index contributed by atoms with van der Waals surface area (Å²) < 4.78 is 1.78. The fraction of sp³-hybridized carbons (Fsp3) is 0.316. The highest BCUT2D eigenvalue weighted by Gasteiger charge is 2.11. The summed E-state index contributed by atoms with van der Waals surface area (Å²) in [6.07, 6.45) is 0.580. The van der Waals surface area contributed by atoms with E-state index in [0.717, 1.165) is 5.69 Å². The van der Waals surface area contributed by atoms with Gasteiger partial charge in [0.25, 0.3) is 0 Å². The number of thiol groups is 1. The minimum absolute atomic E-state index is 0.182. The Labute approximate surface area is 145 Å². The molecule has 0 spiro atoms. The van der Waals surface area contributed by atoms with Crippen LogP contribution in [0.25, 0.3) is 0 Å². The Balaban J connectivity index is 0.000000253. The third kappa shape index (κ3) is 7.24. The van der Waals surface area contributed by atoms with Crippen molar-refractivity contribution in [2.45, 2.75) is 19.3 Å². The molecule has 1 amide bonds. The number of nitrogens with zero attached hydrogens (tertiary/aromatic N) is 2. The van der Waals surface area contributed by atoms with Crippen molar-refractivity contribution < 1.29 is 4.79 Å². The predicted molar refractivity (Wildman–Crippen MR) is 102 cm³/mol. The van der Waals surface area contributed by atoms with Gasteiger partial charge in [0.1, 0.15) is 0 Å². The lowest BCUT2D eigenvalue weighted by atomic mass is 9.97. The van der Waals surface area contributed by atoms with Gasteiger partial charge >= 0.3 is 0 Å². The molecule has 23 heavy (non-hydrogen) atoms. The van der Waals surface area contributed by atoms with Crippen LogP contribution in [0, 0.1) is 0 Å². The summed E-state index contributed by atoms with van der Waals surface area (Å²) in [6.45, 7) is 2.08. The maximum atomic E-state index is 11.5. The summed E-state index contributed by atoms with van der Waals surface area (Å²) in [7, 11) is 5.48. The van der Waals surface area contributed by atoms with Crippen molar-refractivity contribution in [1.82, 2.24) is 4.90 Å². The largest absolute Gasteiger partial charge is 0.349 e. The number of anilines is 1. The van der Waals surface area contributed by atoms with Crippen LogP contribution in [-0.4, -0.2) is 32.0 Å². The molecule has 0 fully saturated rings. The van der Waals surface area contributed by atoms with Gasteiger partial charge in [-0.05, 0) is 23.6 Å². The summed E-state index contributed by atoms with van der Waals surface area (Å²) in [5.41, 5.74) is 2.34. The highest BCUT2D eigenvalue weighted by Crippen LogP contribution is 2.18. The molecule has 3 nitrogen and oxygen atoms in total. The zero-order valence-corrected chi connectivity index (χ0v) is 15.2. The van der Waals surface area contributed by atoms with Crippen LogP contribution in [0.2, 0.25) is 0 Å². The first-order valence-corrected chi connectivity index (χ1v) is 8.04. The van der Waals surface area contributed by atoms with Crippen LogP contribution in [0.4, 0.5) is 5.69 Å². The Hall–Kier alpha value is -1.94. The van der Waals surface area contributed by atoms with E-state index in [4.69, 9.17) is 0 Å². The number of carbonyl (C=O) groups excluding carboxylic acids is 1. The van der Waals surface area contributed by atoms with Crippen LogP contribution in [0.1, 0.15) is 24.8 Å². The van der Waals surface area contributed by atoms with Gasteiger partial charge < -0.3 is 9.21 Å². The third-order valence-electron chi connectivity index (χ3n) is 3.48. The number of hydrogen-bond acceptors (Lipinski definition) is 3. The first-order valence-electron chi connectivity index (χ1n) is 7.64. The number of benzene rings is 2. The monoisotopic (exact) mass is 330 g/mol.